The second kappa shape index (κ2) is 9.01. The number of carbonyl (C=O) groups excluding carboxylic acids is 1. The molecule has 0 heterocycles. The molecule has 2 rings (SSSR count). The lowest BCUT2D eigenvalue weighted by Gasteiger charge is -2.06. The molecular weight excluding hydrogens is 302 g/mol. The smallest absolute Gasteiger partial charge is 0.263 e. The third kappa shape index (κ3) is 5.18. The molecule has 0 atom stereocenters. The van der Waals surface area contributed by atoms with Gasteiger partial charge in [-0.15, -0.1) is 0 Å². The Kier molecular flexibility index (Phi) is 6.42. The molecule has 0 radical (unpaired) electrons. The molecular formula is C19H19N3O2. The predicted molar refractivity (Wildman–Crippen MR) is 91.8 cm³/mol. The van der Waals surface area contributed by atoms with Gasteiger partial charge in [0.25, 0.3) is 5.91 Å². The molecule has 2 N–H and O–H groups in total. The first-order valence-electron chi connectivity index (χ1n) is 7.51. The highest BCUT2D eigenvalue weighted by molar-refractivity contribution is 5.97. The van der Waals surface area contributed by atoms with Gasteiger partial charge in [-0.25, -0.2) is 0 Å². The fourth-order valence-corrected chi connectivity index (χ4v) is 2.04. The quantitative estimate of drug-likeness (QED) is 0.607. The maximum atomic E-state index is 12.0. The Labute approximate surface area is 141 Å². The van der Waals surface area contributed by atoms with Gasteiger partial charge in [-0.1, -0.05) is 42.5 Å². The van der Waals surface area contributed by atoms with Gasteiger partial charge in [0.1, 0.15) is 17.4 Å². The Bertz CT molecular complexity index is 731. The molecule has 0 saturated heterocycles. The number of carbonyl (C=O) groups is 1. The molecule has 0 fully saturated rings. The van der Waals surface area contributed by atoms with Crippen molar-refractivity contribution in [2.45, 2.75) is 13.1 Å². The molecule has 2 aromatic carbocycles. The minimum Gasteiger partial charge on any atom is -0.497 e. The first-order chi connectivity index (χ1) is 11.7. The zero-order valence-electron chi connectivity index (χ0n) is 13.5. The van der Waals surface area contributed by atoms with Crippen molar-refractivity contribution in [3.05, 3.63) is 77.5 Å². The monoisotopic (exact) mass is 321 g/mol. The molecule has 2 aromatic rings. The van der Waals surface area contributed by atoms with E-state index in [1.165, 1.54) is 6.20 Å². The molecule has 5 nitrogen and oxygen atoms in total. The van der Waals surface area contributed by atoms with Crippen LogP contribution in [-0.2, 0) is 17.9 Å². The van der Waals surface area contributed by atoms with Crippen molar-refractivity contribution in [1.29, 1.82) is 5.26 Å². The largest absolute Gasteiger partial charge is 0.497 e. The van der Waals surface area contributed by atoms with E-state index >= 15 is 0 Å². The molecule has 0 aliphatic rings. The molecule has 0 bridgehead atoms. The third-order valence-electron chi connectivity index (χ3n) is 3.37. The molecule has 24 heavy (non-hydrogen) atoms. The van der Waals surface area contributed by atoms with E-state index in [0.717, 1.165) is 16.9 Å². The van der Waals surface area contributed by atoms with Gasteiger partial charge >= 0.3 is 0 Å². The van der Waals surface area contributed by atoms with E-state index in [1.807, 2.05) is 60.7 Å². The fourth-order valence-electron chi connectivity index (χ4n) is 2.04. The highest BCUT2D eigenvalue weighted by Crippen LogP contribution is 2.11. The van der Waals surface area contributed by atoms with Crippen molar-refractivity contribution < 1.29 is 9.53 Å². The Morgan fingerprint density at radius 3 is 2.38 bits per heavy atom. The lowest BCUT2D eigenvalue weighted by atomic mass is 10.2. The lowest BCUT2D eigenvalue weighted by Crippen LogP contribution is -2.25. The van der Waals surface area contributed by atoms with E-state index in [-0.39, 0.29) is 5.57 Å². The number of methoxy groups -OCH3 is 1. The molecule has 0 aliphatic carbocycles. The summed E-state index contributed by atoms with van der Waals surface area (Å²) < 4.78 is 5.10. The van der Waals surface area contributed by atoms with E-state index in [2.05, 4.69) is 10.6 Å². The molecule has 1 amide bonds. The van der Waals surface area contributed by atoms with Crippen LogP contribution in [0.3, 0.4) is 0 Å². The zero-order valence-corrected chi connectivity index (χ0v) is 13.5. The van der Waals surface area contributed by atoms with Gasteiger partial charge in [0.05, 0.1) is 7.11 Å². The number of ether oxygens (including phenoxy) is 1. The number of nitrogens with zero attached hydrogens (tertiary/aromatic N) is 1. The Balaban J connectivity index is 1.86. The number of hydrogen-bond acceptors (Lipinski definition) is 4. The number of hydrogen-bond donors (Lipinski definition) is 2. The van der Waals surface area contributed by atoms with Crippen LogP contribution < -0.4 is 15.4 Å². The zero-order chi connectivity index (χ0) is 17.2. The van der Waals surface area contributed by atoms with E-state index in [4.69, 9.17) is 10.00 Å². The second-order valence-electron chi connectivity index (χ2n) is 5.07. The van der Waals surface area contributed by atoms with Gasteiger partial charge in [0.15, 0.2) is 0 Å². The number of rotatable bonds is 7. The summed E-state index contributed by atoms with van der Waals surface area (Å²) in [6.07, 6.45) is 1.44. The van der Waals surface area contributed by atoms with Crippen molar-refractivity contribution in [3.63, 3.8) is 0 Å². The second-order valence-corrected chi connectivity index (χ2v) is 5.07. The average Bonchev–Trinajstić information content (AvgIpc) is 2.64. The highest BCUT2D eigenvalue weighted by atomic mass is 16.5. The van der Waals surface area contributed by atoms with Crippen molar-refractivity contribution in [2.75, 3.05) is 7.11 Å². The van der Waals surface area contributed by atoms with Gasteiger partial charge in [0.2, 0.25) is 0 Å². The average molecular weight is 321 g/mol. The number of nitriles is 1. The summed E-state index contributed by atoms with van der Waals surface area (Å²) in [4.78, 5) is 12.0. The summed E-state index contributed by atoms with van der Waals surface area (Å²) in [5.74, 6) is 0.385. The molecule has 0 aliphatic heterocycles. The van der Waals surface area contributed by atoms with Crippen molar-refractivity contribution in [2.24, 2.45) is 0 Å². The van der Waals surface area contributed by atoms with Crippen LogP contribution in [0.5, 0.6) is 5.75 Å². The Morgan fingerprint density at radius 1 is 1.08 bits per heavy atom. The minimum absolute atomic E-state index is 0.0412. The van der Waals surface area contributed by atoms with E-state index in [0.29, 0.717) is 13.1 Å². The van der Waals surface area contributed by atoms with Gasteiger partial charge in [-0.3, -0.25) is 4.79 Å². The normalized spacial score (nSPS) is 10.6. The number of nitrogens with one attached hydrogen (secondary N) is 2. The van der Waals surface area contributed by atoms with Crippen molar-refractivity contribution in [3.8, 4) is 11.8 Å². The summed E-state index contributed by atoms with van der Waals surface area (Å²) in [5.41, 5.74) is 2.04. The van der Waals surface area contributed by atoms with Crippen LogP contribution in [0.2, 0.25) is 0 Å². The lowest BCUT2D eigenvalue weighted by molar-refractivity contribution is -0.117. The minimum atomic E-state index is -0.399. The van der Waals surface area contributed by atoms with Crippen LogP contribution in [0.25, 0.3) is 0 Å². The Morgan fingerprint density at radius 2 is 1.75 bits per heavy atom. The maximum Gasteiger partial charge on any atom is 0.263 e. The van der Waals surface area contributed by atoms with Gasteiger partial charge in [-0.2, -0.15) is 5.26 Å². The van der Waals surface area contributed by atoms with Crippen LogP contribution in [0.1, 0.15) is 11.1 Å². The van der Waals surface area contributed by atoms with Crippen LogP contribution in [0, 0.1) is 11.3 Å². The van der Waals surface area contributed by atoms with Crippen LogP contribution in [0.4, 0.5) is 0 Å². The summed E-state index contributed by atoms with van der Waals surface area (Å²) in [6.45, 7) is 0.901. The van der Waals surface area contributed by atoms with Gasteiger partial charge in [0, 0.05) is 19.3 Å². The molecule has 5 heteroatoms. The summed E-state index contributed by atoms with van der Waals surface area (Å²) in [5, 5.41) is 14.8. The first kappa shape index (κ1) is 17.1. The van der Waals surface area contributed by atoms with Crippen LogP contribution in [-0.4, -0.2) is 13.0 Å². The third-order valence-corrected chi connectivity index (χ3v) is 3.37. The molecule has 0 aromatic heterocycles. The SMILES string of the molecule is COc1ccc(CN/C=C(/C#N)C(=O)NCc2ccccc2)cc1. The summed E-state index contributed by atoms with van der Waals surface area (Å²) >= 11 is 0. The number of amides is 1. The maximum absolute atomic E-state index is 12.0. The molecule has 0 spiro atoms. The van der Waals surface area contributed by atoms with Crippen molar-refractivity contribution in [1.82, 2.24) is 10.6 Å². The topological polar surface area (TPSA) is 74.1 Å². The molecule has 122 valence electrons. The fraction of sp³-hybridized carbons (Fsp3) is 0.158. The predicted octanol–water partition coefficient (Wildman–Crippen LogP) is 2.51. The van der Waals surface area contributed by atoms with Crippen LogP contribution in [0.15, 0.2) is 66.4 Å². The summed E-state index contributed by atoms with van der Waals surface area (Å²) in [7, 11) is 1.61. The standard InChI is InChI=1S/C19H19N3O2/c1-24-18-9-7-16(8-10-18)12-21-14-17(11-20)19(23)22-13-15-5-3-2-4-6-15/h2-10,14,21H,12-13H2,1H3,(H,22,23)/b17-14-. The Hall–Kier alpha value is -3.26. The van der Waals surface area contributed by atoms with E-state index in [9.17, 15) is 4.79 Å². The highest BCUT2D eigenvalue weighted by Gasteiger charge is 2.08. The van der Waals surface area contributed by atoms with E-state index in [1.54, 1.807) is 7.11 Å². The first-order valence-corrected chi connectivity index (χ1v) is 7.51. The van der Waals surface area contributed by atoms with Crippen LogP contribution >= 0.6 is 0 Å². The summed E-state index contributed by atoms with van der Waals surface area (Å²) in [6, 6.07) is 19.0. The molecule has 0 unspecified atom stereocenters. The number of benzene rings is 2. The van der Waals surface area contributed by atoms with Crippen molar-refractivity contribution >= 4 is 5.91 Å². The van der Waals surface area contributed by atoms with Gasteiger partial charge < -0.3 is 15.4 Å². The molecule has 0 saturated carbocycles. The van der Waals surface area contributed by atoms with Gasteiger partial charge in [-0.05, 0) is 23.3 Å². The van der Waals surface area contributed by atoms with E-state index < -0.39 is 5.91 Å².